The fraction of sp³-hybridized carbons (Fsp3) is 0.571. The number of hydrogen-bond acceptors (Lipinski definition) is 6. The zero-order chi connectivity index (χ0) is 18.9. The molecule has 2 N–H and O–H groups in total. The Morgan fingerprint density at radius 2 is 1.93 bits per heavy atom. The molecule has 1 aliphatic heterocycles. The molecule has 0 atom stereocenters. The lowest BCUT2D eigenvalue weighted by atomic mass is 9.89. The largest absolute Gasteiger partial charge is 0.383 e. The number of thiophene rings is 1. The molecule has 1 aliphatic carbocycles. The van der Waals surface area contributed by atoms with Crippen molar-refractivity contribution in [2.24, 2.45) is 0 Å². The summed E-state index contributed by atoms with van der Waals surface area (Å²) in [6, 6.07) is 0. The third kappa shape index (κ3) is 3.10. The van der Waals surface area contributed by atoms with Crippen LogP contribution in [-0.4, -0.2) is 43.3 Å². The second kappa shape index (κ2) is 7.79. The van der Waals surface area contributed by atoms with Crippen molar-refractivity contribution >= 4 is 43.4 Å². The molecule has 0 unspecified atom stereocenters. The van der Waals surface area contributed by atoms with Crippen molar-refractivity contribution in [1.82, 2.24) is 9.97 Å². The highest BCUT2D eigenvalue weighted by molar-refractivity contribution is 7.25. The molecule has 0 bridgehead atoms. The van der Waals surface area contributed by atoms with E-state index in [0.717, 1.165) is 29.0 Å². The minimum atomic E-state index is 0.664. The summed E-state index contributed by atoms with van der Waals surface area (Å²) in [4.78, 5) is 16.9. The summed E-state index contributed by atoms with van der Waals surface area (Å²) in [6.07, 6.45) is 10.5. The van der Waals surface area contributed by atoms with Crippen LogP contribution in [0.3, 0.4) is 0 Å². The minimum Gasteiger partial charge on any atom is -0.383 e. The van der Waals surface area contributed by atoms with Crippen LogP contribution in [0.25, 0.3) is 20.4 Å². The first-order valence-corrected chi connectivity index (χ1v) is 11.3. The van der Waals surface area contributed by atoms with Crippen molar-refractivity contribution < 1.29 is 9.72 Å². The first-order valence-electron chi connectivity index (χ1n) is 10.5. The number of piperidine rings is 1. The fourth-order valence-corrected chi connectivity index (χ4v) is 5.83. The molecular formula is C21H28N5OS+. The van der Waals surface area contributed by atoms with Crippen LogP contribution in [0.1, 0.15) is 43.2 Å². The molecule has 6 nitrogen and oxygen atoms in total. The fourth-order valence-electron chi connectivity index (χ4n) is 4.69. The van der Waals surface area contributed by atoms with Gasteiger partial charge in [0.05, 0.1) is 30.6 Å². The Kier molecular flexibility index (Phi) is 5.03. The van der Waals surface area contributed by atoms with E-state index in [4.69, 9.17) is 9.72 Å². The smallest absolute Gasteiger partial charge is 0.278 e. The summed E-state index contributed by atoms with van der Waals surface area (Å²) in [5.41, 5.74) is 4.15. The van der Waals surface area contributed by atoms with Crippen LogP contribution in [-0.2, 0) is 17.6 Å². The Morgan fingerprint density at radius 3 is 2.75 bits per heavy atom. The number of hydrogen-bond donors (Lipinski definition) is 1. The third-order valence-electron chi connectivity index (χ3n) is 6.03. The first-order chi connectivity index (χ1) is 13.9. The molecule has 7 heteroatoms. The molecule has 3 aromatic rings. The summed E-state index contributed by atoms with van der Waals surface area (Å²) >= 11 is 1.79. The monoisotopic (exact) mass is 398 g/mol. The summed E-state index contributed by atoms with van der Waals surface area (Å²) in [7, 11) is 1.72. The van der Waals surface area contributed by atoms with Crippen LogP contribution in [0.15, 0.2) is 6.33 Å². The number of nitrogens with zero attached hydrogens (tertiary/aromatic N) is 3. The van der Waals surface area contributed by atoms with Crippen molar-refractivity contribution in [2.75, 3.05) is 43.6 Å². The molecule has 0 radical (unpaired) electrons. The number of rotatable bonds is 5. The van der Waals surface area contributed by atoms with Gasteiger partial charge in [0, 0.05) is 19.2 Å². The molecule has 0 spiro atoms. The maximum Gasteiger partial charge on any atom is 0.278 e. The predicted octanol–water partition coefficient (Wildman–Crippen LogP) is 3.59. The normalized spacial score (nSPS) is 17.2. The van der Waals surface area contributed by atoms with Gasteiger partial charge in [-0.2, -0.15) is 0 Å². The number of ether oxygens (including phenoxy) is 1. The Hall–Kier alpha value is -1.99. The maximum atomic E-state index is 5.18. The zero-order valence-electron chi connectivity index (χ0n) is 16.5. The minimum absolute atomic E-state index is 0.664. The van der Waals surface area contributed by atoms with Crippen LogP contribution >= 0.6 is 11.3 Å². The van der Waals surface area contributed by atoms with Crippen LogP contribution in [0.5, 0.6) is 0 Å². The van der Waals surface area contributed by atoms with Crippen LogP contribution in [0.2, 0.25) is 0 Å². The standard InChI is InChI=1S/C21H27N5OS/c1-27-12-9-22-19-18-17(23-13-24-19)16-14-7-3-4-8-15(14)20(25-21(16)28-18)26-10-5-2-6-11-26/h13H,2-12H2,1H3,(H,22,23,24)/p+1. The molecule has 3 aromatic heterocycles. The molecule has 0 saturated carbocycles. The van der Waals surface area contributed by atoms with Crippen molar-refractivity contribution in [3.8, 4) is 0 Å². The number of nitrogens with one attached hydrogen (secondary N) is 2. The highest BCUT2D eigenvalue weighted by Gasteiger charge is 2.30. The Bertz CT molecular complexity index is 996. The van der Waals surface area contributed by atoms with Gasteiger partial charge < -0.3 is 10.1 Å². The molecule has 28 heavy (non-hydrogen) atoms. The Labute approximate surface area is 169 Å². The Balaban J connectivity index is 1.68. The van der Waals surface area contributed by atoms with E-state index >= 15 is 0 Å². The topological polar surface area (TPSA) is 64.4 Å². The highest BCUT2D eigenvalue weighted by atomic mass is 32.1. The van der Waals surface area contributed by atoms with Gasteiger partial charge in [-0.15, -0.1) is 0 Å². The number of aromatic nitrogens is 3. The van der Waals surface area contributed by atoms with Gasteiger partial charge in [-0.3, -0.25) is 4.90 Å². The van der Waals surface area contributed by atoms with Crippen molar-refractivity contribution in [2.45, 2.75) is 44.9 Å². The van der Waals surface area contributed by atoms with E-state index in [2.05, 4.69) is 20.2 Å². The highest BCUT2D eigenvalue weighted by Crippen LogP contribution is 2.41. The average molecular weight is 399 g/mol. The van der Waals surface area contributed by atoms with E-state index in [-0.39, 0.29) is 0 Å². The number of H-pyrrole nitrogens is 1. The lowest BCUT2D eigenvalue weighted by Gasteiger charge is -2.25. The van der Waals surface area contributed by atoms with Gasteiger partial charge in [-0.25, -0.2) is 15.0 Å². The molecule has 148 valence electrons. The van der Waals surface area contributed by atoms with Gasteiger partial charge in [0.1, 0.15) is 16.8 Å². The van der Waals surface area contributed by atoms with E-state index in [1.807, 2.05) is 0 Å². The van der Waals surface area contributed by atoms with Crippen LogP contribution in [0.4, 0.5) is 11.6 Å². The number of aryl methyl sites for hydroxylation is 1. The number of pyridine rings is 1. The van der Waals surface area contributed by atoms with Crippen molar-refractivity contribution in [1.29, 1.82) is 0 Å². The SMILES string of the molecule is COCCNc1ncnc2c1sc1[nH+]c(N3CCCCC3)c3c(c12)CCCC3. The lowest BCUT2D eigenvalue weighted by Crippen LogP contribution is -2.36. The Morgan fingerprint density at radius 1 is 1.11 bits per heavy atom. The summed E-state index contributed by atoms with van der Waals surface area (Å²) in [5.74, 6) is 2.29. The molecule has 0 amide bonds. The molecule has 1 fully saturated rings. The third-order valence-corrected chi connectivity index (χ3v) is 7.13. The predicted molar refractivity (Wildman–Crippen MR) is 115 cm³/mol. The van der Waals surface area contributed by atoms with Gasteiger partial charge in [0.2, 0.25) is 0 Å². The summed E-state index contributed by atoms with van der Waals surface area (Å²) in [5, 5.41) is 4.74. The molecule has 0 aromatic carbocycles. The quantitative estimate of drug-likeness (QED) is 0.666. The van der Waals surface area contributed by atoms with Gasteiger partial charge in [-0.05, 0) is 50.5 Å². The first kappa shape index (κ1) is 18.1. The number of aromatic amines is 1. The number of anilines is 2. The van der Waals surface area contributed by atoms with Gasteiger partial charge in [-0.1, -0.05) is 11.3 Å². The summed E-state index contributed by atoms with van der Waals surface area (Å²) < 4.78 is 6.32. The van der Waals surface area contributed by atoms with E-state index in [9.17, 15) is 0 Å². The zero-order valence-corrected chi connectivity index (χ0v) is 17.3. The summed E-state index contributed by atoms with van der Waals surface area (Å²) in [6.45, 7) is 3.75. The molecule has 4 heterocycles. The van der Waals surface area contributed by atoms with Gasteiger partial charge in [0.25, 0.3) is 5.82 Å². The molecule has 1 saturated heterocycles. The maximum absolute atomic E-state index is 5.18. The van der Waals surface area contributed by atoms with Crippen LogP contribution in [0, 0.1) is 0 Å². The molecule has 5 rings (SSSR count). The lowest BCUT2D eigenvalue weighted by molar-refractivity contribution is -0.328. The number of methoxy groups -OCH3 is 1. The van der Waals surface area contributed by atoms with E-state index < -0.39 is 0 Å². The average Bonchev–Trinajstić information content (AvgIpc) is 3.14. The second-order valence-corrected chi connectivity index (χ2v) is 8.83. The van der Waals surface area contributed by atoms with Crippen LogP contribution < -0.4 is 15.2 Å². The number of fused-ring (bicyclic) bond motifs is 5. The second-order valence-electron chi connectivity index (χ2n) is 7.81. The van der Waals surface area contributed by atoms with Gasteiger partial charge >= 0.3 is 0 Å². The van der Waals surface area contributed by atoms with E-state index in [1.54, 1.807) is 24.8 Å². The van der Waals surface area contributed by atoms with Crippen molar-refractivity contribution in [3.05, 3.63) is 17.5 Å². The van der Waals surface area contributed by atoms with E-state index in [1.165, 1.54) is 78.8 Å². The van der Waals surface area contributed by atoms with E-state index in [0.29, 0.717) is 6.61 Å². The molecular weight excluding hydrogens is 370 g/mol. The molecule has 2 aliphatic rings. The van der Waals surface area contributed by atoms with Gasteiger partial charge in [0.15, 0.2) is 4.83 Å². The van der Waals surface area contributed by atoms with Crippen molar-refractivity contribution in [3.63, 3.8) is 0 Å².